The van der Waals surface area contributed by atoms with Crippen LogP contribution in [0.25, 0.3) is 0 Å². The van der Waals surface area contributed by atoms with Crippen LogP contribution in [-0.4, -0.2) is 34.7 Å². The van der Waals surface area contributed by atoms with Gasteiger partial charge in [0.15, 0.2) is 5.54 Å². The Hall–Kier alpha value is -1.97. The van der Waals surface area contributed by atoms with Gasteiger partial charge in [-0.25, -0.2) is 4.79 Å². The van der Waals surface area contributed by atoms with Crippen molar-refractivity contribution in [3.63, 3.8) is 0 Å². The van der Waals surface area contributed by atoms with Gasteiger partial charge in [-0.15, -0.1) is 0 Å². The Balaban J connectivity index is 2.81. The summed E-state index contributed by atoms with van der Waals surface area (Å²) in [7, 11) is 0. The molecule has 0 fully saturated rings. The normalized spacial score (nSPS) is 13.4. The van der Waals surface area contributed by atoms with Crippen LogP contribution in [0.3, 0.4) is 0 Å². The average molecular weight is 249 g/mol. The van der Waals surface area contributed by atoms with Crippen molar-refractivity contribution in [2.75, 3.05) is 13.2 Å². The lowest BCUT2D eigenvalue weighted by Crippen LogP contribution is -2.54. The monoisotopic (exact) mass is 249 g/mol. The summed E-state index contributed by atoms with van der Waals surface area (Å²) in [6.07, 6.45) is 1.53. The molecule has 1 N–H and O–H groups in total. The topological polar surface area (TPSA) is 49.8 Å². The van der Waals surface area contributed by atoms with Crippen molar-refractivity contribution in [1.82, 2.24) is 4.90 Å². The van der Waals surface area contributed by atoms with Gasteiger partial charge in [0.25, 0.3) is 0 Å². The van der Waals surface area contributed by atoms with Crippen LogP contribution < -0.4 is 4.74 Å². The molecule has 1 unspecified atom stereocenters. The summed E-state index contributed by atoms with van der Waals surface area (Å²) < 4.78 is 5.55. The lowest BCUT2D eigenvalue weighted by molar-refractivity contribution is -0.150. The fraction of sp³-hybridized carbons (Fsp3) is 0.357. The molecule has 18 heavy (non-hydrogen) atoms. The number of nitrogens with zero attached hydrogens (tertiary/aromatic N) is 1. The molecule has 0 spiro atoms. The third kappa shape index (κ3) is 3.03. The van der Waals surface area contributed by atoms with Crippen LogP contribution in [0.5, 0.6) is 5.75 Å². The third-order valence-electron chi connectivity index (χ3n) is 2.92. The third-order valence-corrected chi connectivity index (χ3v) is 2.92. The van der Waals surface area contributed by atoms with E-state index in [1.165, 1.54) is 6.20 Å². The highest BCUT2D eigenvalue weighted by atomic mass is 16.5. The number of likely N-dealkylation sites (N-methyl/N-ethyl adjacent to an activating group) is 1. The number of carboxylic acids is 1. The van der Waals surface area contributed by atoms with Crippen molar-refractivity contribution >= 4 is 5.97 Å². The first-order chi connectivity index (χ1) is 8.54. The predicted molar refractivity (Wildman–Crippen MR) is 70.6 cm³/mol. The molecule has 0 aliphatic carbocycles. The fourth-order valence-corrected chi connectivity index (χ4v) is 1.69. The Morgan fingerprint density at radius 3 is 2.56 bits per heavy atom. The van der Waals surface area contributed by atoms with Gasteiger partial charge in [0, 0.05) is 6.54 Å². The molecule has 0 saturated carbocycles. The molecule has 0 amide bonds. The van der Waals surface area contributed by atoms with Gasteiger partial charge in [-0.1, -0.05) is 24.8 Å². The van der Waals surface area contributed by atoms with E-state index < -0.39 is 11.5 Å². The first-order valence-electron chi connectivity index (χ1n) is 5.85. The van der Waals surface area contributed by atoms with Gasteiger partial charge in [0.05, 0.1) is 0 Å². The average Bonchev–Trinajstić information content (AvgIpc) is 2.38. The van der Waals surface area contributed by atoms with Crippen LogP contribution >= 0.6 is 0 Å². The zero-order chi connectivity index (χ0) is 13.6. The quantitative estimate of drug-likeness (QED) is 0.806. The first-order valence-corrected chi connectivity index (χ1v) is 5.85. The predicted octanol–water partition coefficient (Wildman–Crippen LogP) is 2.37. The zero-order valence-electron chi connectivity index (χ0n) is 10.8. The molecular weight excluding hydrogens is 230 g/mol. The van der Waals surface area contributed by atoms with Crippen molar-refractivity contribution in [3.05, 3.63) is 43.1 Å². The van der Waals surface area contributed by atoms with Gasteiger partial charge < -0.3 is 14.7 Å². The molecule has 0 radical (unpaired) electrons. The number of carbonyl (C=O) groups is 1. The number of hydrogen-bond acceptors (Lipinski definition) is 3. The van der Waals surface area contributed by atoms with E-state index in [0.29, 0.717) is 12.3 Å². The maximum absolute atomic E-state index is 11.4. The van der Waals surface area contributed by atoms with Gasteiger partial charge >= 0.3 is 5.97 Å². The molecule has 1 aromatic carbocycles. The summed E-state index contributed by atoms with van der Waals surface area (Å²) in [5, 5.41) is 9.37. The molecule has 0 saturated heterocycles. The Kier molecular flexibility index (Phi) is 4.77. The molecule has 0 bridgehead atoms. The van der Waals surface area contributed by atoms with Crippen LogP contribution in [0.1, 0.15) is 13.8 Å². The van der Waals surface area contributed by atoms with Crippen molar-refractivity contribution in [3.8, 4) is 5.75 Å². The number of carboxylic acid groups (broad SMARTS) is 1. The zero-order valence-corrected chi connectivity index (χ0v) is 10.8. The largest absolute Gasteiger partial charge is 0.491 e. The highest BCUT2D eigenvalue weighted by Crippen LogP contribution is 2.19. The van der Waals surface area contributed by atoms with Crippen molar-refractivity contribution in [2.45, 2.75) is 19.4 Å². The molecule has 1 aromatic rings. The Labute approximate surface area is 107 Å². The molecule has 4 nitrogen and oxygen atoms in total. The maximum Gasteiger partial charge on any atom is 0.332 e. The molecular formula is C14H19NO3. The summed E-state index contributed by atoms with van der Waals surface area (Å²) in [4.78, 5) is 13.1. The number of aliphatic carboxylic acids is 1. The van der Waals surface area contributed by atoms with Crippen LogP contribution in [-0.2, 0) is 4.79 Å². The lowest BCUT2D eigenvalue weighted by atomic mass is 10.0. The standard InChI is InChI=1S/C14H19NO3/c1-4-15(5-2)14(3,13(16)17)11-18-12-9-7-6-8-10-12/h4,6-10H,1,5,11H2,2-3H3,(H,16,17). The van der Waals surface area contributed by atoms with Crippen LogP contribution in [0, 0.1) is 0 Å². The molecule has 0 aromatic heterocycles. The van der Waals surface area contributed by atoms with Gasteiger partial charge in [0.1, 0.15) is 12.4 Å². The minimum absolute atomic E-state index is 0.0617. The van der Waals surface area contributed by atoms with Gasteiger partial charge in [-0.2, -0.15) is 0 Å². The summed E-state index contributed by atoms with van der Waals surface area (Å²) in [5.74, 6) is -0.273. The van der Waals surface area contributed by atoms with E-state index in [1.807, 2.05) is 25.1 Å². The summed E-state index contributed by atoms with van der Waals surface area (Å²) in [6, 6.07) is 9.17. The molecule has 1 rings (SSSR count). The summed E-state index contributed by atoms with van der Waals surface area (Å²) >= 11 is 0. The Morgan fingerprint density at radius 1 is 1.50 bits per heavy atom. The highest BCUT2D eigenvalue weighted by molar-refractivity contribution is 5.78. The Bertz CT molecular complexity index is 405. The Morgan fingerprint density at radius 2 is 2.11 bits per heavy atom. The second kappa shape index (κ2) is 6.10. The van der Waals surface area contributed by atoms with E-state index in [1.54, 1.807) is 24.0 Å². The van der Waals surface area contributed by atoms with Crippen molar-refractivity contribution < 1.29 is 14.6 Å². The van der Waals surface area contributed by atoms with Crippen LogP contribution in [0.4, 0.5) is 0 Å². The fourth-order valence-electron chi connectivity index (χ4n) is 1.69. The van der Waals surface area contributed by atoms with E-state index >= 15 is 0 Å². The molecule has 0 aliphatic heterocycles. The van der Waals surface area contributed by atoms with Crippen LogP contribution in [0.15, 0.2) is 43.1 Å². The second-order valence-corrected chi connectivity index (χ2v) is 4.15. The molecule has 0 aliphatic rings. The van der Waals surface area contributed by atoms with Gasteiger partial charge in [-0.05, 0) is 32.2 Å². The van der Waals surface area contributed by atoms with E-state index in [0.717, 1.165) is 0 Å². The number of para-hydroxylation sites is 1. The summed E-state index contributed by atoms with van der Waals surface area (Å²) in [6.45, 7) is 7.77. The smallest absolute Gasteiger partial charge is 0.332 e. The summed E-state index contributed by atoms with van der Waals surface area (Å²) in [5.41, 5.74) is -1.12. The minimum atomic E-state index is -1.12. The van der Waals surface area contributed by atoms with E-state index in [9.17, 15) is 9.90 Å². The number of benzene rings is 1. The second-order valence-electron chi connectivity index (χ2n) is 4.15. The van der Waals surface area contributed by atoms with Crippen LogP contribution in [0.2, 0.25) is 0 Å². The molecule has 1 atom stereocenters. The lowest BCUT2D eigenvalue weighted by Gasteiger charge is -2.35. The SMILES string of the molecule is C=CN(CC)C(C)(COc1ccccc1)C(=O)O. The van der Waals surface area contributed by atoms with E-state index in [4.69, 9.17) is 4.74 Å². The minimum Gasteiger partial charge on any atom is -0.491 e. The van der Waals surface area contributed by atoms with Gasteiger partial charge in [-0.3, -0.25) is 0 Å². The van der Waals surface area contributed by atoms with Crippen molar-refractivity contribution in [1.29, 1.82) is 0 Å². The number of hydrogen-bond donors (Lipinski definition) is 1. The number of rotatable bonds is 7. The van der Waals surface area contributed by atoms with Gasteiger partial charge in [0.2, 0.25) is 0 Å². The first kappa shape index (κ1) is 14.1. The van der Waals surface area contributed by atoms with Crippen molar-refractivity contribution in [2.24, 2.45) is 0 Å². The number of ether oxygens (including phenoxy) is 1. The maximum atomic E-state index is 11.4. The molecule has 98 valence electrons. The molecule has 0 heterocycles. The highest BCUT2D eigenvalue weighted by Gasteiger charge is 2.38. The van der Waals surface area contributed by atoms with E-state index in [2.05, 4.69) is 6.58 Å². The van der Waals surface area contributed by atoms with E-state index in [-0.39, 0.29) is 6.61 Å². The molecule has 4 heteroatoms.